The van der Waals surface area contributed by atoms with E-state index in [-0.39, 0.29) is 11.8 Å². The lowest BCUT2D eigenvalue weighted by Gasteiger charge is -2.41. The molecule has 1 atom stereocenters. The highest BCUT2D eigenvalue weighted by Gasteiger charge is 2.53. The molecule has 1 unspecified atom stereocenters. The van der Waals surface area contributed by atoms with Crippen LogP contribution in [0.1, 0.15) is 58.3 Å². The molecule has 0 bridgehead atoms. The normalized spacial score (nSPS) is 28.3. The first-order valence-electron chi connectivity index (χ1n) is 8.43. The molecule has 0 aromatic carbocycles. The predicted octanol–water partition coefficient (Wildman–Crippen LogP) is 1.91. The molecular formula is C16H26N2O3. The van der Waals surface area contributed by atoms with Crippen LogP contribution in [0.4, 0.5) is 0 Å². The predicted molar refractivity (Wildman–Crippen MR) is 78.5 cm³/mol. The van der Waals surface area contributed by atoms with E-state index in [1.165, 1.54) is 6.42 Å². The lowest BCUT2D eigenvalue weighted by Crippen LogP contribution is -2.56. The van der Waals surface area contributed by atoms with E-state index in [1.54, 1.807) is 0 Å². The van der Waals surface area contributed by atoms with Crippen LogP contribution in [-0.2, 0) is 14.3 Å². The molecule has 0 aromatic rings. The molecule has 2 heterocycles. The molecule has 3 fully saturated rings. The number of amides is 2. The number of carbonyl (C=O) groups excluding carboxylic acids is 2. The zero-order chi connectivity index (χ0) is 14.9. The van der Waals surface area contributed by atoms with Crippen LogP contribution in [0.25, 0.3) is 0 Å². The number of likely N-dealkylation sites (tertiary alicyclic amines) is 1. The highest BCUT2D eigenvalue weighted by Crippen LogP contribution is 2.41. The fraction of sp³-hybridized carbons (Fsp3) is 0.875. The largest absolute Gasteiger partial charge is 0.353 e. The molecule has 1 aliphatic carbocycles. The third kappa shape index (κ3) is 2.56. The van der Waals surface area contributed by atoms with Crippen molar-refractivity contribution in [2.24, 2.45) is 0 Å². The van der Waals surface area contributed by atoms with Gasteiger partial charge in [-0.05, 0) is 38.5 Å². The lowest BCUT2D eigenvalue weighted by atomic mass is 9.90. The summed E-state index contributed by atoms with van der Waals surface area (Å²) in [5.74, 6) is 0.156. The summed E-state index contributed by atoms with van der Waals surface area (Å²) in [6, 6.07) is -0.395. The molecular weight excluding hydrogens is 268 g/mol. The molecule has 0 radical (unpaired) electrons. The smallest absolute Gasteiger partial charge is 0.247 e. The third-order valence-corrected chi connectivity index (χ3v) is 5.17. The van der Waals surface area contributed by atoms with Crippen LogP contribution < -0.4 is 0 Å². The van der Waals surface area contributed by atoms with Crippen molar-refractivity contribution in [3.8, 4) is 0 Å². The molecule has 5 nitrogen and oxygen atoms in total. The van der Waals surface area contributed by atoms with E-state index >= 15 is 0 Å². The molecule has 1 spiro atoms. The van der Waals surface area contributed by atoms with Crippen LogP contribution in [0.15, 0.2) is 0 Å². The van der Waals surface area contributed by atoms with Gasteiger partial charge in [0.25, 0.3) is 0 Å². The lowest BCUT2D eigenvalue weighted by molar-refractivity contribution is -0.161. The molecule has 5 heteroatoms. The van der Waals surface area contributed by atoms with Gasteiger partial charge in [-0.25, -0.2) is 0 Å². The molecule has 0 aromatic heterocycles. The van der Waals surface area contributed by atoms with E-state index in [1.807, 2.05) is 16.7 Å². The van der Waals surface area contributed by atoms with Gasteiger partial charge in [-0.15, -0.1) is 0 Å². The first-order chi connectivity index (χ1) is 10.2. The van der Waals surface area contributed by atoms with E-state index < -0.39 is 11.8 Å². The van der Waals surface area contributed by atoms with Crippen molar-refractivity contribution in [1.29, 1.82) is 0 Å². The Bertz CT molecular complexity index is 412. The minimum Gasteiger partial charge on any atom is -0.353 e. The van der Waals surface area contributed by atoms with Gasteiger partial charge in [0, 0.05) is 19.5 Å². The molecule has 2 amide bonds. The number of carbonyl (C=O) groups is 2. The van der Waals surface area contributed by atoms with E-state index in [9.17, 15) is 9.59 Å². The second kappa shape index (κ2) is 5.95. The van der Waals surface area contributed by atoms with Crippen LogP contribution >= 0.6 is 0 Å². The molecule has 2 aliphatic heterocycles. The Balaban J connectivity index is 1.82. The average molecular weight is 294 g/mol. The molecule has 21 heavy (non-hydrogen) atoms. The maximum absolute atomic E-state index is 12.8. The summed E-state index contributed by atoms with van der Waals surface area (Å²) in [7, 11) is 0. The summed E-state index contributed by atoms with van der Waals surface area (Å²) in [6.07, 6.45) is 7.71. The third-order valence-electron chi connectivity index (χ3n) is 5.17. The van der Waals surface area contributed by atoms with Crippen molar-refractivity contribution in [3.05, 3.63) is 0 Å². The van der Waals surface area contributed by atoms with Gasteiger partial charge in [0.15, 0.2) is 0 Å². The molecule has 3 aliphatic rings. The van der Waals surface area contributed by atoms with Crippen molar-refractivity contribution in [1.82, 2.24) is 9.80 Å². The summed E-state index contributed by atoms with van der Waals surface area (Å²) in [6.45, 7) is 3.91. The second-order valence-electron chi connectivity index (χ2n) is 6.48. The second-order valence-corrected chi connectivity index (χ2v) is 6.48. The standard InChI is InChI=1S/C16H26N2O3/c1-2-14(19)18-13(15(20)17-10-6-7-11-17)12-21-16(18)8-4-3-5-9-16/h13H,2-12H2,1H3. The van der Waals surface area contributed by atoms with Crippen molar-refractivity contribution in [3.63, 3.8) is 0 Å². The quantitative estimate of drug-likeness (QED) is 0.781. The zero-order valence-electron chi connectivity index (χ0n) is 13.0. The van der Waals surface area contributed by atoms with Crippen LogP contribution in [0.3, 0.4) is 0 Å². The maximum atomic E-state index is 12.8. The Morgan fingerprint density at radius 2 is 1.76 bits per heavy atom. The summed E-state index contributed by atoms with van der Waals surface area (Å²) in [5.41, 5.74) is -0.495. The van der Waals surface area contributed by atoms with Crippen LogP contribution in [0.5, 0.6) is 0 Å². The van der Waals surface area contributed by atoms with Crippen LogP contribution in [-0.4, -0.2) is 53.1 Å². The SMILES string of the molecule is CCC(=O)N1C(C(=O)N2CCCC2)COC12CCCCC2. The van der Waals surface area contributed by atoms with E-state index in [4.69, 9.17) is 4.74 Å². The van der Waals surface area contributed by atoms with E-state index in [2.05, 4.69) is 0 Å². The first kappa shape index (κ1) is 14.8. The Labute approximate surface area is 126 Å². The minimum absolute atomic E-state index is 0.0620. The van der Waals surface area contributed by atoms with E-state index in [0.717, 1.165) is 51.6 Å². The van der Waals surface area contributed by atoms with Crippen molar-refractivity contribution < 1.29 is 14.3 Å². The zero-order valence-corrected chi connectivity index (χ0v) is 13.0. The van der Waals surface area contributed by atoms with Crippen molar-refractivity contribution >= 4 is 11.8 Å². The van der Waals surface area contributed by atoms with Crippen molar-refractivity contribution in [2.75, 3.05) is 19.7 Å². The molecule has 3 rings (SSSR count). The summed E-state index contributed by atoms with van der Waals surface area (Å²) >= 11 is 0. The Morgan fingerprint density at radius 1 is 1.10 bits per heavy atom. The first-order valence-corrected chi connectivity index (χ1v) is 8.43. The van der Waals surface area contributed by atoms with Gasteiger partial charge in [-0.1, -0.05) is 13.3 Å². The van der Waals surface area contributed by atoms with E-state index in [0.29, 0.717) is 13.0 Å². The fourth-order valence-electron chi connectivity index (χ4n) is 4.05. The number of rotatable bonds is 2. The molecule has 2 saturated heterocycles. The summed E-state index contributed by atoms with van der Waals surface area (Å²) in [4.78, 5) is 29.0. The van der Waals surface area contributed by atoms with Crippen molar-refractivity contribution in [2.45, 2.75) is 70.1 Å². The number of ether oxygens (including phenoxy) is 1. The summed E-state index contributed by atoms with van der Waals surface area (Å²) in [5, 5.41) is 0. The number of nitrogens with zero attached hydrogens (tertiary/aromatic N) is 2. The fourth-order valence-corrected chi connectivity index (χ4v) is 4.05. The highest BCUT2D eigenvalue weighted by molar-refractivity contribution is 5.89. The van der Waals surface area contributed by atoms with Gasteiger partial charge in [0.05, 0.1) is 6.61 Å². The average Bonchev–Trinajstić information content (AvgIpc) is 3.15. The van der Waals surface area contributed by atoms with Gasteiger partial charge in [-0.2, -0.15) is 0 Å². The Kier molecular flexibility index (Phi) is 4.20. The molecule has 118 valence electrons. The molecule has 1 saturated carbocycles. The highest BCUT2D eigenvalue weighted by atomic mass is 16.5. The van der Waals surface area contributed by atoms with Gasteiger partial charge < -0.3 is 9.64 Å². The maximum Gasteiger partial charge on any atom is 0.247 e. The Hall–Kier alpha value is -1.10. The van der Waals surface area contributed by atoms with Crippen LogP contribution in [0, 0.1) is 0 Å². The van der Waals surface area contributed by atoms with Crippen LogP contribution in [0.2, 0.25) is 0 Å². The Morgan fingerprint density at radius 3 is 2.38 bits per heavy atom. The topological polar surface area (TPSA) is 49.9 Å². The van der Waals surface area contributed by atoms with Gasteiger partial charge >= 0.3 is 0 Å². The van der Waals surface area contributed by atoms with Gasteiger partial charge in [0.1, 0.15) is 11.8 Å². The van der Waals surface area contributed by atoms with Gasteiger partial charge in [0.2, 0.25) is 11.8 Å². The monoisotopic (exact) mass is 294 g/mol. The number of hydrogen-bond acceptors (Lipinski definition) is 3. The summed E-state index contributed by atoms with van der Waals surface area (Å²) < 4.78 is 6.07. The van der Waals surface area contributed by atoms with Gasteiger partial charge in [-0.3, -0.25) is 14.5 Å². The minimum atomic E-state index is -0.495. The number of hydrogen-bond donors (Lipinski definition) is 0. The molecule has 0 N–H and O–H groups in total.